The van der Waals surface area contributed by atoms with Gasteiger partial charge in [0.2, 0.25) is 0 Å². The van der Waals surface area contributed by atoms with Gasteiger partial charge in [0.05, 0.1) is 5.69 Å². The molecule has 0 amide bonds. The Morgan fingerprint density at radius 3 is 3.05 bits per heavy atom. The minimum Gasteiger partial charge on any atom is -0.372 e. The Hall–Kier alpha value is -1.95. The van der Waals surface area contributed by atoms with E-state index in [0.717, 1.165) is 37.6 Å². The molecule has 0 aromatic carbocycles. The van der Waals surface area contributed by atoms with Crippen LogP contribution in [0.15, 0.2) is 24.7 Å². The Kier molecular flexibility index (Phi) is 4.45. The van der Waals surface area contributed by atoms with Crippen LogP contribution < -0.4 is 5.32 Å². The van der Waals surface area contributed by atoms with Crippen molar-refractivity contribution in [1.82, 2.24) is 25.1 Å². The number of likely N-dealkylation sites (tertiary alicyclic amines) is 1. The summed E-state index contributed by atoms with van der Waals surface area (Å²) in [4.78, 5) is 11.3. The first-order chi connectivity index (χ1) is 10.3. The summed E-state index contributed by atoms with van der Waals surface area (Å²) in [6.45, 7) is 3.23. The van der Waals surface area contributed by atoms with Crippen molar-refractivity contribution in [2.75, 3.05) is 25.5 Å². The van der Waals surface area contributed by atoms with Gasteiger partial charge < -0.3 is 5.32 Å². The molecule has 1 fully saturated rings. The second-order valence-electron chi connectivity index (χ2n) is 5.63. The maximum absolute atomic E-state index is 4.48. The van der Waals surface area contributed by atoms with Crippen LogP contribution in [-0.4, -0.2) is 45.2 Å². The van der Waals surface area contributed by atoms with Crippen LogP contribution in [0.3, 0.4) is 0 Å². The summed E-state index contributed by atoms with van der Waals surface area (Å²) >= 11 is 0. The first kappa shape index (κ1) is 14.0. The molecular weight excluding hydrogens is 264 g/mol. The van der Waals surface area contributed by atoms with Crippen molar-refractivity contribution in [3.63, 3.8) is 0 Å². The van der Waals surface area contributed by atoms with E-state index in [1.807, 2.05) is 19.3 Å². The maximum atomic E-state index is 4.48. The molecule has 3 rings (SSSR count). The number of anilines is 1. The second kappa shape index (κ2) is 6.67. The van der Waals surface area contributed by atoms with Gasteiger partial charge in [-0.25, -0.2) is 4.98 Å². The minimum atomic E-state index is 0.644. The molecule has 1 saturated heterocycles. The van der Waals surface area contributed by atoms with Crippen molar-refractivity contribution in [3.8, 4) is 0 Å². The lowest BCUT2D eigenvalue weighted by Crippen LogP contribution is -2.36. The molecule has 0 aliphatic carbocycles. The normalized spacial score (nSPS) is 19.6. The van der Waals surface area contributed by atoms with Crippen molar-refractivity contribution in [2.45, 2.75) is 25.8 Å². The molecule has 0 radical (unpaired) electrons. The quantitative estimate of drug-likeness (QED) is 0.875. The summed E-state index contributed by atoms with van der Waals surface area (Å²) in [5.41, 5.74) is 2.26. The van der Waals surface area contributed by atoms with Crippen molar-refractivity contribution in [1.29, 1.82) is 0 Å². The highest BCUT2D eigenvalue weighted by atomic mass is 15.2. The summed E-state index contributed by atoms with van der Waals surface area (Å²) in [5.74, 6) is 1.55. The third-order valence-electron chi connectivity index (χ3n) is 4.05. The zero-order chi connectivity index (χ0) is 14.5. The van der Waals surface area contributed by atoms with Crippen LogP contribution in [0.2, 0.25) is 0 Å². The van der Waals surface area contributed by atoms with Gasteiger partial charge in [0.25, 0.3) is 0 Å². The molecule has 112 valence electrons. The van der Waals surface area contributed by atoms with Crippen LogP contribution in [0.1, 0.15) is 24.2 Å². The maximum Gasteiger partial charge on any atom is 0.147 e. The fourth-order valence-corrected chi connectivity index (χ4v) is 3.07. The first-order valence-electron chi connectivity index (χ1n) is 7.53. The van der Waals surface area contributed by atoms with E-state index in [4.69, 9.17) is 0 Å². The van der Waals surface area contributed by atoms with Gasteiger partial charge in [-0.15, -0.1) is 0 Å². The number of nitrogens with zero attached hydrogens (tertiary/aromatic N) is 4. The van der Waals surface area contributed by atoms with Crippen LogP contribution in [0.4, 0.5) is 5.82 Å². The predicted molar refractivity (Wildman–Crippen MR) is 81.9 cm³/mol. The van der Waals surface area contributed by atoms with Crippen LogP contribution in [-0.2, 0) is 13.0 Å². The molecule has 6 heteroatoms. The van der Waals surface area contributed by atoms with Gasteiger partial charge in [-0.05, 0) is 37.8 Å². The van der Waals surface area contributed by atoms with Gasteiger partial charge in [-0.1, -0.05) is 0 Å². The highest BCUT2D eigenvalue weighted by Gasteiger charge is 2.22. The zero-order valence-corrected chi connectivity index (χ0v) is 12.4. The molecule has 1 aliphatic heterocycles. The fourth-order valence-electron chi connectivity index (χ4n) is 3.07. The molecule has 0 spiro atoms. The number of aromatic amines is 1. The molecule has 1 aliphatic rings. The summed E-state index contributed by atoms with van der Waals surface area (Å²) in [6.07, 6.45) is 8.83. The zero-order valence-electron chi connectivity index (χ0n) is 12.4. The Balaban J connectivity index is 1.60. The van der Waals surface area contributed by atoms with E-state index in [1.165, 1.54) is 18.5 Å². The van der Waals surface area contributed by atoms with Gasteiger partial charge in [-0.3, -0.25) is 15.0 Å². The number of piperidine rings is 1. The third-order valence-corrected chi connectivity index (χ3v) is 4.05. The number of H-pyrrole nitrogens is 1. The van der Waals surface area contributed by atoms with E-state index < -0.39 is 0 Å². The molecule has 6 nitrogen and oxygen atoms in total. The SMILES string of the molecule is CNc1nccnc1CC1CCCN(Cc2ccn[nH]2)C1. The highest BCUT2D eigenvalue weighted by molar-refractivity contribution is 5.38. The number of nitrogens with one attached hydrogen (secondary N) is 2. The first-order valence-corrected chi connectivity index (χ1v) is 7.53. The van der Waals surface area contributed by atoms with E-state index in [9.17, 15) is 0 Å². The van der Waals surface area contributed by atoms with Gasteiger partial charge in [0.1, 0.15) is 5.82 Å². The van der Waals surface area contributed by atoms with E-state index in [2.05, 4.69) is 30.4 Å². The molecule has 2 N–H and O–H groups in total. The van der Waals surface area contributed by atoms with Crippen LogP contribution in [0.5, 0.6) is 0 Å². The highest BCUT2D eigenvalue weighted by Crippen LogP contribution is 2.23. The Labute approximate surface area is 125 Å². The molecule has 21 heavy (non-hydrogen) atoms. The summed E-state index contributed by atoms with van der Waals surface area (Å²) < 4.78 is 0. The molecule has 2 aromatic heterocycles. The summed E-state index contributed by atoms with van der Waals surface area (Å²) in [6, 6.07) is 2.05. The predicted octanol–water partition coefficient (Wildman–Crippen LogP) is 1.70. The Bertz CT molecular complexity index is 553. The van der Waals surface area contributed by atoms with Gasteiger partial charge in [0, 0.05) is 44.4 Å². The van der Waals surface area contributed by atoms with Crippen molar-refractivity contribution in [2.24, 2.45) is 5.92 Å². The number of aromatic nitrogens is 4. The number of rotatable bonds is 5. The average molecular weight is 286 g/mol. The summed E-state index contributed by atoms with van der Waals surface area (Å²) in [7, 11) is 1.90. The van der Waals surface area contributed by atoms with Crippen molar-refractivity contribution in [3.05, 3.63) is 36.0 Å². The Morgan fingerprint density at radius 2 is 2.24 bits per heavy atom. The molecule has 0 saturated carbocycles. The standard InChI is InChI=1S/C15H22N6/c1-16-15-14(17-6-7-18-15)9-12-3-2-8-21(10-12)11-13-4-5-19-20-13/h4-7,12H,2-3,8-11H2,1H3,(H,16,18)(H,19,20). The lowest BCUT2D eigenvalue weighted by Gasteiger charge is -2.32. The number of hydrogen-bond acceptors (Lipinski definition) is 5. The topological polar surface area (TPSA) is 69.7 Å². The largest absolute Gasteiger partial charge is 0.372 e. The second-order valence-corrected chi connectivity index (χ2v) is 5.63. The number of hydrogen-bond donors (Lipinski definition) is 2. The third kappa shape index (κ3) is 3.58. The van der Waals surface area contributed by atoms with Gasteiger partial charge in [-0.2, -0.15) is 5.10 Å². The van der Waals surface area contributed by atoms with E-state index in [1.54, 1.807) is 12.4 Å². The lowest BCUT2D eigenvalue weighted by molar-refractivity contribution is 0.165. The molecule has 0 bridgehead atoms. The fraction of sp³-hybridized carbons (Fsp3) is 0.533. The van der Waals surface area contributed by atoms with Crippen LogP contribution in [0, 0.1) is 5.92 Å². The van der Waals surface area contributed by atoms with E-state index >= 15 is 0 Å². The van der Waals surface area contributed by atoms with Crippen LogP contribution >= 0.6 is 0 Å². The van der Waals surface area contributed by atoms with Crippen molar-refractivity contribution < 1.29 is 0 Å². The summed E-state index contributed by atoms with van der Waals surface area (Å²) in [5, 5.41) is 10.2. The van der Waals surface area contributed by atoms with Crippen molar-refractivity contribution >= 4 is 5.82 Å². The molecule has 3 heterocycles. The molecule has 1 atom stereocenters. The van der Waals surface area contributed by atoms with E-state index in [-0.39, 0.29) is 0 Å². The Morgan fingerprint density at radius 1 is 1.33 bits per heavy atom. The molecule has 2 aromatic rings. The van der Waals surface area contributed by atoms with Gasteiger partial charge in [0.15, 0.2) is 0 Å². The van der Waals surface area contributed by atoms with Crippen LogP contribution in [0.25, 0.3) is 0 Å². The smallest absolute Gasteiger partial charge is 0.147 e. The van der Waals surface area contributed by atoms with E-state index in [0.29, 0.717) is 5.92 Å². The van der Waals surface area contributed by atoms with Gasteiger partial charge >= 0.3 is 0 Å². The molecular formula is C15H22N6. The monoisotopic (exact) mass is 286 g/mol. The molecule has 1 unspecified atom stereocenters. The minimum absolute atomic E-state index is 0.644. The lowest BCUT2D eigenvalue weighted by atomic mass is 9.93. The average Bonchev–Trinajstić information content (AvgIpc) is 3.01.